The molecule has 5 nitrogen and oxygen atoms in total. The van der Waals surface area contributed by atoms with Crippen LogP contribution in [0.1, 0.15) is 62.3 Å². The molecule has 0 spiro atoms. The first-order chi connectivity index (χ1) is 13.8. The topological polar surface area (TPSA) is 85.1 Å². The van der Waals surface area contributed by atoms with Gasteiger partial charge in [0.2, 0.25) is 11.8 Å². The lowest BCUT2D eigenvalue weighted by Crippen LogP contribution is -2.59. The highest BCUT2D eigenvalue weighted by atomic mass is 16.2. The maximum atomic E-state index is 12.8. The Morgan fingerprint density at radius 3 is 2.52 bits per heavy atom. The van der Waals surface area contributed by atoms with Crippen molar-refractivity contribution in [2.24, 2.45) is 5.73 Å². The Kier molecular flexibility index (Phi) is 6.36. The first-order valence-electron chi connectivity index (χ1n) is 10.4. The zero-order valence-electron chi connectivity index (χ0n) is 17.4. The standard InChI is InChI=1S/C24H31N3O2/c1-18-9-8-10-19(15-18)16-21(28)27-23(2,22(25)29)17-24(12-5-3-6-13-24)20-11-4-7-14-26-20/h4,7-11,14-15H,3,5-6,12-13,16-17H2,1-2H3,(H2,25,29)(H,27,28). The predicted molar refractivity (Wildman–Crippen MR) is 114 cm³/mol. The van der Waals surface area contributed by atoms with Crippen molar-refractivity contribution in [3.8, 4) is 0 Å². The number of hydrogen-bond donors (Lipinski definition) is 2. The third kappa shape index (κ3) is 5.03. The van der Waals surface area contributed by atoms with E-state index in [1.54, 1.807) is 13.1 Å². The van der Waals surface area contributed by atoms with Gasteiger partial charge in [-0.3, -0.25) is 14.6 Å². The fraction of sp³-hybridized carbons (Fsp3) is 0.458. The van der Waals surface area contributed by atoms with Gasteiger partial charge >= 0.3 is 0 Å². The molecular weight excluding hydrogens is 362 g/mol. The lowest BCUT2D eigenvalue weighted by molar-refractivity contribution is -0.131. The summed E-state index contributed by atoms with van der Waals surface area (Å²) in [5.74, 6) is -0.695. The smallest absolute Gasteiger partial charge is 0.242 e. The number of pyridine rings is 1. The SMILES string of the molecule is Cc1cccc(CC(=O)NC(C)(CC2(c3ccccn3)CCCCC2)C(N)=O)c1. The van der Waals surface area contributed by atoms with Gasteiger partial charge < -0.3 is 11.1 Å². The van der Waals surface area contributed by atoms with Crippen LogP contribution in [0.15, 0.2) is 48.7 Å². The van der Waals surface area contributed by atoms with Gasteiger partial charge in [-0.1, -0.05) is 55.2 Å². The Balaban J connectivity index is 1.83. The van der Waals surface area contributed by atoms with Gasteiger partial charge in [0.05, 0.1) is 6.42 Å². The molecule has 1 aliphatic carbocycles. The zero-order chi connectivity index (χ0) is 20.9. The highest BCUT2D eigenvalue weighted by Gasteiger charge is 2.45. The Labute approximate surface area is 173 Å². The first kappa shape index (κ1) is 21.0. The van der Waals surface area contributed by atoms with Crippen LogP contribution in [0, 0.1) is 6.92 Å². The second-order valence-electron chi connectivity index (χ2n) is 8.64. The largest absolute Gasteiger partial charge is 0.368 e. The molecule has 1 saturated carbocycles. The molecule has 0 radical (unpaired) electrons. The summed E-state index contributed by atoms with van der Waals surface area (Å²) in [5.41, 5.74) is 7.45. The van der Waals surface area contributed by atoms with E-state index < -0.39 is 11.4 Å². The molecular formula is C24H31N3O2. The normalized spacial score (nSPS) is 17.9. The quantitative estimate of drug-likeness (QED) is 0.754. The lowest BCUT2D eigenvalue weighted by Gasteiger charge is -2.42. The number of aryl methyl sites for hydroxylation is 1. The van der Waals surface area contributed by atoms with E-state index in [1.807, 2.05) is 49.4 Å². The van der Waals surface area contributed by atoms with Crippen LogP contribution in [0.3, 0.4) is 0 Å². The van der Waals surface area contributed by atoms with E-state index in [1.165, 1.54) is 6.42 Å². The van der Waals surface area contributed by atoms with Gasteiger partial charge in [-0.2, -0.15) is 0 Å². The molecule has 1 atom stereocenters. The van der Waals surface area contributed by atoms with Gasteiger partial charge in [0, 0.05) is 17.3 Å². The second-order valence-corrected chi connectivity index (χ2v) is 8.64. The monoisotopic (exact) mass is 393 g/mol. The zero-order valence-corrected chi connectivity index (χ0v) is 17.4. The van der Waals surface area contributed by atoms with Crippen LogP contribution in [-0.2, 0) is 21.4 Å². The molecule has 3 N–H and O–H groups in total. The predicted octanol–water partition coefficient (Wildman–Crippen LogP) is 3.58. The molecule has 1 aromatic carbocycles. The minimum atomic E-state index is -1.13. The summed E-state index contributed by atoms with van der Waals surface area (Å²) in [6.45, 7) is 3.75. The average molecular weight is 394 g/mol. The number of amides is 2. The minimum Gasteiger partial charge on any atom is -0.368 e. The third-order valence-corrected chi connectivity index (χ3v) is 6.12. The number of benzene rings is 1. The first-order valence-corrected chi connectivity index (χ1v) is 10.4. The number of nitrogens with one attached hydrogen (secondary N) is 1. The summed E-state index contributed by atoms with van der Waals surface area (Å²) in [5, 5.41) is 2.96. The summed E-state index contributed by atoms with van der Waals surface area (Å²) < 4.78 is 0. The highest BCUT2D eigenvalue weighted by molar-refractivity contribution is 5.90. The molecule has 1 aliphatic rings. The van der Waals surface area contributed by atoms with Crippen molar-refractivity contribution in [1.82, 2.24) is 10.3 Å². The van der Waals surface area contributed by atoms with Crippen molar-refractivity contribution in [3.63, 3.8) is 0 Å². The van der Waals surface area contributed by atoms with E-state index in [-0.39, 0.29) is 17.7 Å². The van der Waals surface area contributed by atoms with Crippen molar-refractivity contribution in [2.75, 3.05) is 0 Å². The van der Waals surface area contributed by atoms with E-state index in [2.05, 4.69) is 10.3 Å². The highest BCUT2D eigenvalue weighted by Crippen LogP contribution is 2.44. The molecule has 3 rings (SSSR count). The van der Waals surface area contributed by atoms with Gasteiger partial charge in [0.1, 0.15) is 5.54 Å². The van der Waals surface area contributed by atoms with Crippen LogP contribution < -0.4 is 11.1 Å². The molecule has 5 heteroatoms. The summed E-state index contributed by atoms with van der Waals surface area (Å²) in [6, 6.07) is 13.7. The molecule has 1 unspecified atom stereocenters. The number of nitrogens with zero attached hydrogens (tertiary/aromatic N) is 1. The Morgan fingerprint density at radius 2 is 1.90 bits per heavy atom. The molecule has 0 saturated heterocycles. The van der Waals surface area contributed by atoms with Crippen LogP contribution in [0.25, 0.3) is 0 Å². The van der Waals surface area contributed by atoms with Crippen LogP contribution in [-0.4, -0.2) is 22.3 Å². The molecule has 2 aromatic rings. The number of carbonyl (C=O) groups excluding carboxylic acids is 2. The maximum Gasteiger partial charge on any atom is 0.242 e. The number of hydrogen-bond acceptors (Lipinski definition) is 3. The van der Waals surface area contributed by atoms with Crippen LogP contribution in [0.4, 0.5) is 0 Å². The summed E-state index contributed by atoms with van der Waals surface area (Å²) in [6.07, 6.45) is 7.73. The van der Waals surface area contributed by atoms with E-state index in [0.29, 0.717) is 6.42 Å². The van der Waals surface area contributed by atoms with Gasteiger partial charge in [0.15, 0.2) is 0 Å². The van der Waals surface area contributed by atoms with E-state index in [0.717, 1.165) is 42.5 Å². The summed E-state index contributed by atoms with van der Waals surface area (Å²) in [4.78, 5) is 29.9. The number of carbonyl (C=O) groups is 2. The van der Waals surface area contributed by atoms with Crippen molar-refractivity contribution in [1.29, 1.82) is 0 Å². The molecule has 29 heavy (non-hydrogen) atoms. The summed E-state index contributed by atoms with van der Waals surface area (Å²) in [7, 11) is 0. The molecule has 1 heterocycles. The van der Waals surface area contributed by atoms with Crippen LogP contribution >= 0.6 is 0 Å². The van der Waals surface area contributed by atoms with Gasteiger partial charge in [-0.15, -0.1) is 0 Å². The van der Waals surface area contributed by atoms with Gasteiger partial charge in [-0.05, 0) is 50.8 Å². The van der Waals surface area contributed by atoms with Crippen LogP contribution in [0.2, 0.25) is 0 Å². The second kappa shape index (κ2) is 8.76. The summed E-state index contributed by atoms with van der Waals surface area (Å²) >= 11 is 0. The molecule has 0 aliphatic heterocycles. The van der Waals surface area contributed by atoms with E-state index in [4.69, 9.17) is 5.73 Å². The number of nitrogens with two attached hydrogens (primary N) is 1. The van der Waals surface area contributed by atoms with Crippen molar-refractivity contribution in [2.45, 2.75) is 69.7 Å². The third-order valence-electron chi connectivity index (χ3n) is 6.12. The van der Waals surface area contributed by atoms with E-state index in [9.17, 15) is 9.59 Å². The van der Waals surface area contributed by atoms with Crippen LogP contribution in [0.5, 0.6) is 0 Å². The Bertz CT molecular complexity index is 859. The fourth-order valence-electron chi connectivity index (χ4n) is 4.66. The minimum absolute atomic E-state index is 0.191. The molecule has 1 aromatic heterocycles. The molecule has 2 amide bonds. The number of aromatic nitrogens is 1. The van der Waals surface area contributed by atoms with Gasteiger partial charge in [-0.25, -0.2) is 0 Å². The molecule has 154 valence electrons. The maximum absolute atomic E-state index is 12.8. The molecule has 0 bridgehead atoms. The van der Waals surface area contributed by atoms with Crippen molar-refractivity contribution in [3.05, 3.63) is 65.5 Å². The van der Waals surface area contributed by atoms with Crippen molar-refractivity contribution >= 4 is 11.8 Å². The average Bonchev–Trinajstić information content (AvgIpc) is 2.69. The lowest BCUT2D eigenvalue weighted by atomic mass is 9.65. The Morgan fingerprint density at radius 1 is 1.14 bits per heavy atom. The van der Waals surface area contributed by atoms with Gasteiger partial charge in [0.25, 0.3) is 0 Å². The number of primary amides is 1. The molecule has 1 fully saturated rings. The Hall–Kier alpha value is -2.69. The number of rotatable bonds is 7. The van der Waals surface area contributed by atoms with E-state index >= 15 is 0 Å². The van der Waals surface area contributed by atoms with Crippen molar-refractivity contribution < 1.29 is 9.59 Å². The fourth-order valence-corrected chi connectivity index (χ4v) is 4.66.